The lowest BCUT2D eigenvalue weighted by Crippen LogP contribution is -2.41. The first-order valence-electron chi connectivity index (χ1n) is 6.31. The molecule has 0 aliphatic carbocycles. The van der Waals surface area contributed by atoms with Crippen LogP contribution in [0.2, 0.25) is 0 Å². The summed E-state index contributed by atoms with van der Waals surface area (Å²) < 4.78 is 0. The molecule has 0 aromatic rings. The van der Waals surface area contributed by atoms with Crippen LogP contribution in [0.3, 0.4) is 0 Å². The van der Waals surface area contributed by atoms with Gasteiger partial charge in [-0.05, 0) is 64.2 Å². The minimum Gasteiger partial charge on any atom is -0.317 e. The minimum absolute atomic E-state index is 0.887. The maximum atomic E-state index is 3.50. The van der Waals surface area contributed by atoms with Crippen LogP contribution < -0.4 is 5.32 Å². The minimum atomic E-state index is 0.887. The Kier molecular flexibility index (Phi) is 3.82. The van der Waals surface area contributed by atoms with Crippen molar-refractivity contribution in [1.82, 2.24) is 10.2 Å². The first-order chi connectivity index (χ1) is 6.86. The van der Waals surface area contributed by atoms with Gasteiger partial charge in [-0.3, -0.25) is 0 Å². The van der Waals surface area contributed by atoms with E-state index in [0.717, 1.165) is 12.0 Å². The Morgan fingerprint density at radius 3 is 2.57 bits per heavy atom. The van der Waals surface area contributed by atoms with E-state index in [1.165, 1.54) is 58.3 Å². The summed E-state index contributed by atoms with van der Waals surface area (Å²) in [7, 11) is 0. The molecule has 1 N–H and O–H groups in total. The molecule has 2 heteroatoms. The third-order valence-corrected chi connectivity index (χ3v) is 3.88. The van der Waals surface area contributed by atoms with Crippen molar-refractivity contribution in [3.8, 4) is 0 Å². The molecule has 1 unspecified atom stereocenters. The van der Waals surface area contributed by atoms with Crippen LogP contribution in [-0.4, -0.2) is 37.1 Å². The summed E-state index contributed by atoms with van der Waals surface area (Å²) in [6.45, 7) is 7.57. The zero-order chi connectivity index (χ0) is 9.80. The summed E-state index contributed by atoms with van der Waals surface area (Å²) in [6.07, 6.45) is 7.00. The van der Waals surface area contributed by atoms with Crippen molar-refractivity contribution in [2.24, 2.45) is 5.92 Å². The number of piperidine rings is 1. The predicted molar refractivity (Wildman–Crippen MR) is 60.5 cm³/mol. The molecule has 0 spiro atoms. The molecule has 0 aromatic heterocycles. The maximum Gasteiger partial charge on any atom is 0.0108 e. The number of hydrogen-bond acceptors (Lipinski definition) is 2. The Labute approximate surface area is 88.1 Å². The second kappa shape index (κ2) is 5.13. The highest BCUT2D eigenvalue weighted by atomic mass is 15.2. The molecule has 2 saturated heterocycles. The zero-order valence-corrected chi connectivity index (χ0v) is 9.47. The Bertz CT molecular complexity index is 154. The predicted octanol–water partition coefficient (Wildman–Crippen LogP) is 1.86. The van der Waals surface area contributed by atoms with E-state index in [2.05, 4.69) is 17.1 Å². The third kappa shape index (κ3) is 2.71. The topological polar surface area (TPSA) is 15.3 Å². The van der Waals surface area contributed by atoms with Gasteiger partial charge in [0.1, 0.15) is 0 Å². The molecule has 0 aromatic carbocycles. The normalized spacial score (nSPS) is 32.8. The Balaban J connectivity index is 1.81. The molecule has 2 rings (SSSR count). The second-order valence-corrected chi connectivity index (χ2v) is 5.05. The van der Waals surface area contributed by atoms with Crippen LogP contribution >= 0.6 is 0 Å². The van der Waals surface area contributed by atoms with Gasteiger partial charge in [-0.25, -0.2) is 0 Å². The van der Waals surface area contributed by atoms with Gasteiger partial charge in [-0.1, -0.05) is 6.92 Å². The van der Waals surface area contributed by atoms with E-state index >= 15 is 0 Å². The van der Waals surface area contributed by atoms with Crippen LogP contribution in [0.5, 0.6) is 0 Å². The van der Waals surface area contributed by atoms with E-state index in [4.69, 9.17) is 0 Å². The summed E-state index contributed by atoms with van der Waals surface area (Å²) >= 11 is 0. The van der Waals surface area contributed by atoms with Crippen molar-refractivity contribution >= 4 is 0 Å². The quantitative estimate of drug-likeness (QED) is 0.688. The lowest BCUT2D eigenvalue weighted by molar-refractivity contribution is 0.128. The summed E-state index contributed by atoms with van der Waals surface area (Å²) in [6, 6.07) is 0.887. The fourth-order valence-corrected chi connectivity index (χ4v) is 2.76. The fourth-order valence-electron chi connectivity index (χ4n) is 2.76. The highest BCUT2D eigenvalue weighted by Gasteiger charge is 2.23. The molecule has 2 fully saturated rings. The maximum absolute atomic E-state index is 3.50. The lowest BCUT2D eigenvalue weighted by Gasteiger charge is -2.36. The van der Waals surface area contributed by atoms with Gasteiger partial charge in [0.15, 0.2) is 0 Å². The summed E-state index contributed by atoms with van der Waals surface area (Å²) in [5.74, 6) is 0.968. The van der Waals surface area contributed by atoms with Gasteiger partial charge in [-0.2, -0.15) is 0 Å². The molecule has 0 radical (unpaired) electrons. The van der Waals surface area contributed by atoms with Crippen molar-refractivity contribution in [3.63, 3.8) is 0 Å². The molecule has 2 nitrogen and oxygen atoms in total. The van der Waals surface area contributed by atoms with Gasteiger partial charge in [0.2, 0.25) is 0 Å². The van der Waals surface area contributed by atoms with Gasteiger partial charge in [0.25, 0.3) is 0 Å². The van der Waals surface area contributed by atoms with Crippen molar-refractivity contribution < 1.29 is 0 Å². The molecule has 14 heavy (non-hydrogen) atoms. The standard InChI is InChI=1S/C12H24N2/c1-11-5-9-14(10-6-11)12-3-2-7-13-8-4-12/h11-13H,2-10H2,1H3. The molecular weight excluding hydrogens is 172 g/mol. The Morgan fingerprint density at radius 2 is 1.79 bits per heavy atom. The first kappa shape index (κ1) is 10.4. The largest absolute Gasteiger partial charge is 0.317 e. The van der Waals surface area contributed by atoms with Crippen LogP contribution in [0.1, 0.15) is 39.0 Å². The average Bonchev–Trinajstić information content (AvgIpc) is 2.47. The molecule has 2 heterocycles. The van der Waals surface area contributed by atoms with E-state index in [-0.39, 0.29) is 0 Å². The second-order valence-electron chi connectivity index (χ2n) is 5.05. The van der Waals surface area contributed by atoms with Gasteiger partial charge in [0, 0.05) is 6.04 Å². The van der Waals surface area contributed by atoms with Crippen LogP contribution in [-0.2, 0) is 0 Å². The summed E-state index contributed by atoms with van der Waals surface area (Å²) in [4.78, 5) is 2.74. The lowest BCUT2D eigenvalue weighted by atomic mass is 9.96. The number of nitrogens with zero attached hydrogens (tertiary/aromatic N) is 1. The van der Waals surface area contributed by atoms with Crippen molar-refractivity contribution in [2.75, 3.05) is 26.2 Å². The Hall–Kier alpha value is -0.0800. The monoisotopic (exact) mass is 196 g/mol. The van der Waals surface area contributed by atoms with Crippen LogP contribution in [0.4, 0.5) is 0 Å². The number of rotatable bonds is 1. The van der Waals surface area contributed by atoms with Gasteiger partial charge < -0.3 is 10.2 Å². The SMILES string of the molecule is CC1CCN(C2CCCNCC2)CC1. The number of hydrogen-bond donors (Lipinski definition) is 1. The molecular formula is C12H24N2. The van der Waals surface area contributed by atoms with Crippen molar-refractivity contribution in [1.29, 1.82) is 0 Å². The smallest absolute Gasteiger partial charge is 0.0108 e. The Morgan fingerprint density at radius 1 is 1.00 bits per heavy atom. The molecule has 2 aliphatic heterocycles. The van der Waals surface area contributed by atoms with Crippen molar-refractivity contribution in [2.45, 2.75) is 45.1 Å². The van der Waals surface area contributed by atoms with Crippen LogP contribution in [0.15, 0.2) is 0 Å². The fraction of sp³-hybridized carbons (Fsp3) is 1.00. The molecule has 82 valence electrons. The van der Waals surface area contributed by atoms with E-state index < -0.39 is 0 Å². The molecule has 0 amide bonds. The van der Waals surface area contributed by atoms with Crippen molar-refractivity contribution in [3.05, 3.63) is 0 Å². The number of nitrogens with one attached hydrogen (secondary N) is 1. The van der Waals surface area contributed by atoms with Gasteiger partial charge >= 0.3 is 0 Å². The molecule has 2 aliphatic rings. The van der Waals surface area contributed by atoms with Gasteiger partial charge in [-0.15, -0.1) is 0 Å². The average molecular weight is 196 g/mol. The van der Waals surface area contributed by atoms with E-state index in [1.54, 1.807) is 0 Å². The summed E-state index contributed by atoms with van der Waals surface area (Å²) in [5.41, 5.74) is 0. The third-order valence-electron chi connectivity index (χ3n) is 3.88. The van der Waals surface area contributed by atoms with Gasteiger partial charge in [0.05, 0.1) is 0 Å². The molecule has 1 atom stereocenters. The van der Waals surface area contributed by atoms with E-state index in [0.29, 0.717) is 0 Å². The zero-order valence-electron chi connectivity index (χ0n) is 9.47. The van der Waals surface area contributed by atoms with E-state index in [1.807, 2.05) is 0 Å². The van der Waals surface area contributed by atoms with E-state index in [9.17, 15) is 0 Å². The molecule has 0 bridgehead atoms. The van der Waals surface area contributed by atoms with Crippen LogP contribution in [0, 0.1) is 5.92 Å². The first-order valence-corrected chi connectivity index (χ1v) is 6.31. The molecule has 0 saturated carbocycles. The highest BCUT2D eigenvalue weighted by Crippen LogP contribution is 2.21. The summed E-state index contributed by atoms with van der Waals surface area (Å²) in [5, 5.41) is 3.50. The van der Waals surface area contributed by atoms with Crippen LogP contribution in [0.25, 0.3) is 0 Å². The number of likely N-dealkylation sites (tertiary alicyclic amines) is 1. The highest BCUT2D eigenvalue weighted by molar-refractivity contribution is 4.79.